The van der Waals surface area contributed by atoms with Crippen molar-refractivity contribution in [1.82, 2.24) is 9.97 Å². The molecule has 0 spiro atoms. The molecule has 0 unspecified atom stereocenters. The Hall–Kier alpha value is -2.88. The van der Waals surface area contributed by atoms with Crippen molar-refractivity contribution in [3.63, 3.8) is 0 Å². The first kappa shape index (κ1) is 15.0. The van der Waals surface area contributed by atoms with E-state index in [0.29, 0.717) is 5.95 Å². The van der Waals surface area contributed by atoms with Gasteiger partial charge in [-0.2, -0.15) is 4.98 Å². The topological polar surface area (TPSA) is 49.8 Å². The lowest BCUT2D eigenvalue weighted by Crippen LogP contribution is -2.06. The zero-order chi connectivity index (χ0) is 15.9. The zero-order valence-corrected chi connectivity index (χ0v) is 13.2. The molecule has 0 aliphatic heterocycles. The summed E-state index contributed by atoms with van der Waals surface area (Å²) < 4.78 is 0. The molecule has 0 aliphatic carbocycles. The number of nitrogens with one attached hydrogen (secondary N) is 2. The van der Waals surface area contributed by atoms with Crippen LogP contribution in [0.4, 0.5) is 17.5 Å². The Morgan fingerprint density at radius 3 is 2.26 bits per heavy atom. The molecule has 1 aromatic heterocycles. The van der Waals surface area contributed by atoms with Crippen LogP contribution in [0.1, 0.15) is 13.3 Å². The third kappa shape index (κ3) is 4.07. The van der Waals surface area contributed by atoms with Crippen molar-refractivity contribution in [1.29, 1.82) is 0 Å². The highest BCUT2D eigenvalue weighted by Crippen LogP contribution is 2.23. The van der Waals surface area contributed by atoms with Crippen LogP contribution in [0.2, 0.25) is 0 Å². The molecule has 0 saturated carbocycles. The first-order valence-corrected chi connectivity index (χ1v) is 7.85. The second-order valence-electron chi connectivity index (χ2n) is 5.25. The summed E-state index contributed by atoms with van der Waals surface area (Å²) in [6.45, 7) is 3.02. The van der Waals surface area contributed by atoms with Gasteiger partial charge < -0.3 is 10.6 Å². The summed E-state index contributed by atoms with van der Waals surface area (Å²) in [6.07, 6.45) is 1.05. The first-order chi connectivity index (χ1) is 11.3. The van der Waals surface area contributed by atoms with Crippen LogP contribution in [0.25, 0.3) is 11.3 Å². The molecule has 1 heterocycles. The molecule has 0 aliphatic rings. The van der Waals surface area contributed by atoms with Crippen molar-refractivity contribution >= 4 is 17.5 Å². The minimum atomic E-state index is 0.594. The molecular weight excluding hydrogens is 284 g/mol. The Bertz CT molecular complexity index is 742. The monoisotopic (exact) mass is 304 g/mol. The number of rotatable bonds is 6. The average molecular weight is 304 g/mol. The first-order valence-electron chi connectivity index (χ1n) is 7.85. The summed E-state index contributed by atoms with van der Waals surface area (Å²) in [7, 11) is 0. The molecule has 2 N–H and O–H groups in total. The smallest absolute Gasteiger partial charge is 0.229 e. The van der Waals surface area contributed by atoms with Crippen LogP contribution >= 0.6 is 0 Å². The van der Waals surface area contributed by atoms with Crippen LogP contribution in [0.3, 0.4) is 0 Å². The molecule has 4 nitrogen and oxygen atoms in total. The third-order valence-electron chi connectivity index (χ3n) is 3.38. The van der Waals surface area contributed by atoms with Gasteiger partial charge >= 0.3 is 0 Å². The van der Waals surface area contributed by atoms with Gasteiger partial charge in [0.2, 0.25) is 5.95 Å². The summed E-state index contributed by atoms with van der Waals surface area (Å²) in [6, 6.07) is 22.1. The number of hydrogen-bond donors (Lipinski definition) is 2. The predicted molar refractivity (Wildman–Crippen MR) is 96.0 cm³/mol. The van der Waals surface area contributed by atoms with Crippen molar-refractivity contribution in [2.45, 2.75) is 13.3 Å². The molecule has 4 heteroatoms. The molecule has 0 amide bonds. The van der Waals surface area contributed by atoms with Gasteiger partial charge in [0.1, 0.15) is 5.82 Å². The molecule has 2 aromatic carbocycles. The Balaban J connectivity index is 1.94. The fraction of sp³-hybridized carbons (Fsp3) is 0.158. The Kier molecular flexibility index (Phi) is 4.84. The van der Waals surface area contributed by atoms with Crippen molar-refractivity contribution in [3.8, 4) is 11.3 Å². The fourth-order valence-corrected chi connectivity index (χ4v) is 2.25. The summed E-state index contributed by atoms with van der Waals surface area (Å²) in [5.41, 5.74) is 2.95. The Morgan fingerprint density at radius 1 is 0.870 bits per heavy atom. The second kappa shape index (κ2) is 7.40. The van der Waals surface area contributed by atoms with E-state index in [-0.39, 0.29) is 0 Å². The number of benzene rings is 2. The second-order valence-corrected chi connectivity index (χ2v) is 5.25. The van der Waals surface area contributed by atoms with Crippen molar-refractivity contribution in [3.05, 3.63) is 66.7 Å². The molecule has 0 saturated heterocycles. The highest BCUT2D eigenvalue weighted by molar-refractivity contribution is 5.66. The average Bonchev–Trinajstić information content (AvgIpc) is 2.61. The van der Waals surface area contributed by atoms with Gasteiger partial charge in [0.25, 0.3) is 0 Å². The number of hydrogen-bond acceptors (Lipinski definition) is 4. The number of para-hydroxylation sites is 1. The summed E-state index contributed by atoms with van der Waals surface area (Å²) in [5.74, 6) is 1.43. The quantitative estimate of drug-likeness (QED) is 0.692. The molecule has 0 fully saturated rings. The van der Waals surface area contributed by atoms with E-state index in [2.05, 4.69) is 39.7 Å². The van der Waals surface area contributed by atoms with Gasteiger partial charge in [0, 0.05) is 23.9 Å². The highest BCUT2D eigenvalue weighted by Gasteiger charge is 2.07. The van der Waals surface area contributed by atoms with Crippen molar-refractivity contribution in [2.24, 2.45) is 0 Å². The SMILES string of the molecule is CCCNc1cc(-c2ccccc2)nc(Nc2ccccc2)n1. The summed E-state index contributed by atoms with van der Waals surface area (Å²) >= 11 is 0. The van der Waals surface area contributed by atoms with E-state index in [9.17, 15) is 0 Å². The van der Waals surface area contributed by atoms with Crippen LogP contribution in [-0.2, 0) is 0 Å². The van der Waals surface area contributed by atoms with Gasteiger partial charge in [0.15, 0.2) is 0 Å². The molecule has 0 atom stereocenters. The minimum absolute atomic E-state index is 0.594. The lowest BCUT2D eigenvalue weighted by molar-refractivity contribution is 0.966. The Morgan fingerprint density at radius 2 is 1.57 bits per heavy atom. The molecule has 3 rings (SSSR count). The standard InChI is InChI=1S/C19H20N4/c1-2-13-20-18-14-17(15-9-5-3-6-10-15)22-19(23-18)21-16-11-7-4-8-12-16/h3-12,14H,2,13H2,1H3,(H2,20,21,22,23). The molecule has 3 aromatic rings. The molecule has 0 radical (unpaired) electrons. The Labute approximate surface area is 136 Å². The molecule has 0 bridgehead atoms. The molecule has 23 heavy (non-hydrogen) atoms. The maximum absolute atomic E-state index is 4.64. The predicted octanol–water partition coefficient (Wildman–Crippen LogP) is 4.71. The van der Waals surface area contributed by atoms with E-state index in [4.69, 9.17) is 0 Å². The highest BCUT2D eigenvalue weighted by atomic mass is 15.1. The van der Waals surface area contributed by atoms with E-state index in [1.165, 1.54) is 0 Å². The van der Waals surface area contributed by atoms with E-state index in [0.717, 1.165) is 35.7 Å². The van der Waals surface area contributed by atoms with Gasteiger partial charge in [-0.3, -0.25) is 0 Å². The van der Waals surface area contributed by atoms with E-state index in [1.54, 1.807) is 0 Å². The van der Waals surface area contributed by atoms with Crippen LogP contribution in [0, 0.1) is 0 Å². The summed E-state index contributed by atoms with van der Waals surface area (Å²) in [5, 5.41) is 6.61. The maximum atomic E-state index is 4.64. The largest absolute Gasteiger partial charge is 0.370 e. The van der Waals surface area contributed by atoms with Crippen LogP contribution in [0.5, 0.6) is 0 Å². The van der Waals surface area contributed by atoms with Gasteiger partial charge in [-0.1, -0.05) is 55.5 Å². The fourth-order valence-electron chi connectivity index (χ4n) is 2.25. The minimum Gasteiger partial charge on any atom is -0.370 e. The van der Waals surface area contributed by atoms with E-state index in [1.807, 2.05) is 54.6 Å². The molecular formula is C19H20N4. The van der Waals surface area contributed by atoms with Crippen molar-refractivity contribution < 1.29 is 0 Å². The lowest BCUT2D eigenvalue weighted by atomic mass is 10.1. The van der Waals surface area contributed by atoms with Crippen LogP contribution in [0.15, 0.2) is 66.7 Å². The normalized spacial score (nSPS) is 10.3. The number of nitrogens with zero attached hydrogens (tertiary/aromatic N) is 2. The van der Waals surface area contributed by atoms with Crippen LogP contribution in [-0.4, -0.2) is 16.5 Å². The van der Waals surface area contributed by atoms with E-state index < -0.39 is 0 Å². The van der Waals surface area contributed by atoms with E-state index >= 15 is 0 Å². The number of anilines is 3. The molecule has 116 valence electrons. The van der Waals surface area contributed by atoms with Gasteiger partial charge in [-0.05, 0) is 18.6 Å². The zero-order valence-electron chi connectivity index (χ0n) is 13.2. The third-order valence-corrected chi connectivity index (χ3v) is 3.38. The van der Waals surface area contributed by atoms with Gasteiger partial charge in [-0.25, -0.2) is 4.98 Å². The number of aromatic nitrogens is 2. The van der Waals surface area contributed by atoms with Gasteiger partial charge in [0.05, 0.1) is 5.69 Å². The lowest BCUT2D eigenvalue weighted by Gasteiger charge is -2.11. The summed E-state index contributed by atoms with van der Waals surface area (Å²) in [4.78, 5) is 9.20. The maximum Gasteiger partial charge on any atom is 0.229 e. The van der Waals surface area contributed by atoms with Gasteiger partial charge in [-0.15, -0.1) is 0 Å². The van der Waals surface area contributed by atoms with Crippen molar-refractivity contribution in [2.75, 3.05) is 17.2 Å². The van der Waals surface area contributed by atoms with Crippen LogP contribution < -0.4 is 10.6 Å².